The summed E-state index contributed by atoms with van der Waals surface area (Å²) >= 11 is 0. The summed E-state index contributed by atoms with van der Waals surface area (Å²) in [4.78, 5) is 14.8. The molecule has 0 bridgehead atoms. The second kappa shape index (κ2) is 5.54. The predicted molar refractivity (Wildman–Crippen MR) is 77.6 cm³/mol. The zero-order valence-corrected chi connectivity index (χ0v) is 12.0. The molecular formula is C16H22N2O2. The largest absolute Gasteiger partial charge is 0.383 e. The lowest BCUT2D eigenvalue weighted by Gasteiger charge is -2.27. The molecule has 108 valence electrons. The number of carbonyl (C=O) groups is 1. The van der Waals surface area contributed by atoms with E-state index < -0.39 is 0 Å². The summed E-state index contributed by atoms with van der Waals surface area (Å²) in [7, 11) is 1.72. The molecule has 4 heteroatoms. The van der Waals surface area contributed by atoms with Crippen LogP contribution in [0.25, 0.3) is 0 Å². The lowest BCUT2D eigenvalue weighted by Crippen LogP contribution is -2.38. The van der Waals surface area contributed by atoms with E-state index in [1.165, 1.54) is 5.56 Å². The Balaban J connectivity index is 1.87. The predicted octanol–water partition coefficient (Wildman–Crippen LogP) is 1.24. The van der Waals surface area contributed by atoms with E-state index in [9.17, 15) is 4.79 Å². The maximum absolute atomic E-state index is 12.4. The topological polar surface area (TPSA) is 41.6 Å². The molecule has 2 heterocycles. The molecule has 1 aromatic carbocycles. The monoisotopic (exact) mass is 274 g/mol. The van der Waals surface area contributed by atoms with E-state index in [0.717, 1.165) is 39.2 Å². The van der Waals surface area contributed by atoms with Gasteiger partial charge in [-0.2, -0.15) is 0 Å². The van der Waals surface area contributed by atoms with Crippen molar-refractivity contribution in [1.82, 2.24) is 10.2 Å². The Hall–Kier alpha value is -1.39. The van der Waals surface area contributed by atoms with Crippen LogP contribution >= 0.6 is 0 Å². The van der Waals surface area contributed by atoms with Gasteiger partial charge >= 0.3 is 0 Å². The highest BCUT2D eigenvalue weighted by Crippen LogP contribution is 2.47. The summed E-state index contributed by atoms with van der Waals surface area (Å²) in [6.45, 7) is 4.22. The van der Waals surface area contributed by atoms with Gasteiger partial charge in [0.2, 0.25) is 5.91 Å². The van der Waals surface area contributed by atoms with Crippen molar-refractivity contribution < 1.29 is 9.53 Å². The number of amides is 1. The van der Waals surface area contributed by atoms with Gasteiger partial charge in [-0.3, -0.25) is 9.69 Å². The second-order valence-corrected chi connectivity index (χ2v) is 5.85. The van der Waals surface area contributed by atoms with Crippen molar-refractivity contribution in [1.29, 1.82) is 0 Å². The molecular weight excluding hydrogens is 252 g/mol. The Labute approximate surface area is 120 Å². The zero-order chi connectivity index (χ0) is 14.0. The molecule has 0 saturated carbocycles. The van der Waals surface area contributed by atoms with E-state index >= 15 is 0 Å². The lowest BCUT2D eigenvalue weighted by molar-refractivity contribution is -0.127. The van der Waals surface area contributed by atoms with E-state index in [1.807, 2.05) is 6.07 Å². The first-order chi connectivity index (χ1) is 9.76. The van der Waals surface area contributed by atoms with E-state index in [0.29, 0.717) is 5.92 Å². The first kappa shape index (κ1) is 13.6. The number of hydrogen-bond acceptors (Lipinski definition) is 3. The van der Waals surface area contributed by atoms with Crippen molar-refractivity contribution in [2.45, 2.75) is 12.3 Å². The number of benzene rings is 1. The van der Waals surface area contributed by atoms with E-state index in [1.54, 1.807) is 7.11 Å². The number of ether oxygens (including phenoxy) is 1. The third-order valence-corrected chi connectivity index (χ3v) is 4.74. The van der Waals surface area contributed by atoms with Gasteiger partial charge in [0.15, 0.2) is 0 Å². The number of nitrogens with zero attached hydrogens (tertiary/aromatic N) is 1. The van der Waals surface area contributed by atoms with Crippen LogP contribution in [0, 0.1) is 5.41 Å². The molecule has 2 fully saturated rings. The minimum Gasteiger partial charge on any atom is -0.383 e. The molecule has 0 unspecified atom stereocenters. The SMILES string of the molecule is COCCN1C[C@H](c2ccccc2)[C@]2(CCNC2=O)C1. The third kappa shape index (κ3) is 2.23. The summed E-state index contributed by atoms with van der Waals surface area (Å²) in [6, 6.07) is 10.5. The number of methoxy groups -OCH3 is 1. The minimum absolute atomic E-state index is 0.228. The van der Waals surface area contributed by atoms with Crippen molar-refractivity contribution in [2.24, 2.45) is 5.41 Å². The van der Waals surface area contributed by atoms with E-state index in [4.69, 9.17) is 4.74 Å². The number of rotatable bonds is 4. The van der Waals surface area contributed by atoms with Gasteiger partial charge in [-0.25, -0.2) is 0 Å². The van der Waals surface area contributed by atoms with Gasteiger partial charge in [0, 0.05) is 39.2 Å². The van der Waals surface area contributed by atoms with E-state index in [2.05, 4.69) is 34.5 Å². The van der Waals surface area contributed by atoms with Gasteiger partial charge < -0.3 is 10.1 Å². The Morgan fingerprint density at radius 1 is 1.40 bits per heavy atom. The fraction of sp³-hybridized carbons (Fsp3) is 0.562. The number of likely N-dealkylation sites (tertiary alicyclic amines) is 1. The molecule has 1 aromatic rings. The van der Waals surface area contributed by atoms with Gasteiger partial charge in [-0.1, -0.05) is 30.3 Å². The Morgan fingerprint density at radius 3 is 2.85 bits per heavy atom. The molecule has 0 aromatic heterocycles. The maximum Gasteiger partial charge on any atom is 0.228 e. The van der Waals surface area contributed by atoms with Crippen molar-refractivity contribution in [2.75, 3.05) is 39.9 Å². The molecule has 2 atom stereocenters. The minimum atomic E-state index is -0.241. The fourth-order valence-electron chi connectivity index (χ4n) is 3.68. The van der Waals surface area contributed by atoms with Crippen LogP contribution in [0.2, 0.25) is 0 Å². The molecule has 1 amide bonds. The molecule has 4 nitrogen and oxygen atoms in total. The van der Waals surface area contributed by atoms with Crippen LogP contribution in [0.5, 0.6) is 0 Å². The van der Waals surface area contributed by atoms with Crippen LogP contribution in [-0.4, -0.2) is 50.7 Å². The molecule has 2 saturated heterocycles. The van der Waals surface area contributed by atoms with Gasteiger partial charge in [0.1, 0.15) is 0 Å². The average Bonchev–Trinajstić information content (AvgIpc) is 3.03. The quantitative estimate of drug-likeness (QED) is 0.898. The van der Waals surface area contributed by atoms with Gasteiger partial charge in [-0.05, 0) is 12.0 Å². The molecule has 0 aliphatic carbocycles. The third-order valence-electron chi connectivity index (χ3n) is 4.74. The summed E-state index contributed by atoms with van der Waals surface area (Å²) in [5.74, 6) is 0.523. The van der Waals surface area contributed by atoms with Crippen molar-refractivity contribution >= 4 is 5.91 Å². The first-order valence-electron chi connectivity index (χ1n) is 7.31. The molecule has 0 radical (unpaired) electrons. The van der Waals surface area contributed by atoms with E-state index in [-0.39, 0.29) is 11.3 Å². The van der Waals surface area contributed by atoms with Crippen LogP contribution < -0.4 is 5.32 Å². The van der Waals surface area contributed by atoms with Crippen molar-refractivity contribution in [3.8, 4) is 0 Å². The highest BCUT2D eigenvalue weighted by atomic mass is 16.5. The molecule has 1 spiro atoms. The highest BCUT2D eigenvalue weighted by molar-refractivity contribution is 5.86. The molecule has 2 aliphatic rings. The smallest absolute Gasteiger partial charge is 0.228 e. The summed E-state index contributed by atoms with van der Waals surface area (Å²) in [5, 5.41) is 3.03. The van der Waals surface area contributed by atoms with Gasteiger partial charge in [-0.15, -0.1) is 0 Å². The zero-order valence-electron chi connectivity index (χ0n) is 12.0. The molecule has 20 heavy (non-hydrogen) atoms. The molecule has 3 rings (SSSR count). The number of carbonyl (C=O) groups excluding carboxylic acids is 1. The maximum atomic E-state index is 12.4. The summed E-state index contributed by atoms with van der Waals surface area (Å²) < 4.78 is 5.18. The normalized spacial score (nSPS) is 30.1. The first-order valence-corrected chi connectivity index (χ1v) is 7.31. The number of nitrogens with one attached hydrogen (secondary N) is 1. The van der Waals surface area contributed by atoms with Crippen molar-refractivity contribution in [3.05, 3.63) is 35.9 Å². The molecule has 1 N–H and O–H groups in total. The van der Waals surface area contributed by atoms with Crippen LogP contribution in [0.1, 0.15) is 17.9 Å². The average molecular weight is 274 g/mol. The van der Waals surface area contributed by atoms with Gasteiger partial charge in [0.05, 0.1) is 12.0 Å². The van der Waals surface area contributed by atoms with Crippen molar-refractivity contribution in [3.63, 3.8) is 0 Å². The summed E-state index contributed by atoms with van der Waals surface area (Å²) in [6.07, 6.45) is 0.939. The summed E-state index contributed by atoms with van der Waals surface area (Å²) in [5.41, 5.74) is 1.04. The van der Waals surface area contributed by atoms with Crippen LogP contribution in [0.15, 0.2) is 30.3 Å². The van der Waals surface area contributed by atoms with Crippen LogP contribution in [-0.2, 0) is 9.53 Å². The highest BCUT2D eigenvalue weighted by Gasteiger charge is 2.54. The molecule has 2 aliphatic heterocycles. The Bertz CT molecular complexity index is 477. The van der Waals surface area contributed by atoms with Crippen LogP contribution in [0.4, 0.5) is 0 Å². The standard InChI is InChI=1S/C16H22N2O2/c1-20-10-9-18-11-14(13-5-3-2-4-6-13)16(12-18)7-8-17-15(16)19/h2-6,14H,7-12H2,1H3,(H,17,19)/t14-,16+/m1/s1. The Morgan fingerprint density at radius 2 is 2.20 bits per heavy atom. The lowest BCUT2D eigenvalue weighted by atomic mass is 9.73. The van der Waals surface area contributed by atoms with Crippen LogP contribution in [0.3, 0.4) is 0 Å². The second-order valence-electron chi connectivity index (χ2n) is 5.85. The number of hydrogen-bond donors (Lipinski definition) is 1. The Kier molecular flexibility index (Phi) is 3.76. The van der Waals surface area contributed by atoms with Gasteiger partial charge in [0.25, 0.3) is 0 Å². The fourth-order valence-corrected chi connectivity index (χ4v) is 3.68.